The van der Waals surface area contributed by atoms with Crippen molar-refractivity contribution in [2.45, 2.75) is 25.7 Å². The number of sulfonamides is 1. The summed E-state index contributed by atoms with van der Waals surface area (Å²) in [4.78, 5) is 0.278. The number of hydrogen-bond donors (Lipinski definition) is 2. The van der Waals surface area contributed by atoms with Crippen molar-refractivity contribution in [3.05, 3.63) is 53.1 Å². The first-order valence-corrected chi connectivity index (χ1v) is 10.4. The Hall–Kier alpha value is -1.67. The molecule has 140 valence electrons. The van der Waals surface area contributed by atoms with Crippen LogP contribution >= 0.6 is 23.8 Å². The van der Waals surface area contributed by atoms with Crippen molar-refractivity contribution in [3.8, 4) is 0 Å². The largest absolute Gasteiger partial charge is 0.332 e. The Morgan fingerprint density at radius 1 is 1.04 bits per heavy atom. The molecule has 26 heavy (non-hydrogen) atoms. The van der Waals surface area contributed by atoms with E-state index < -0.39 is 10.0 Å². The molecule has 8 heteroatoms. The predicted molar refractivity (Wildman–Crippen MR) is 113 cm³/mol. The van der Waals surface area contributed by atoms with Gasteiger partial charge < -0.3 is 10.6 Å². The molecule has 0 aromatic heterocycles. The first-order chi connectivity index (χ1) is 12.3. The lowest BCUT2D eigenvalue weighted by molar-refractivity contribution is 0.445. The summed E-state index contributed by atoms with van der Waals surface area (Å²) in [5.41, 5.74) is 2.09. The van der Waals surface area contributed by atoms with E-state index in [9.17, 15) is 8.42 Å². The first kappa shape index (κ1) is 20.6. The van der Waals surface area contributed by atoms with Crippen LogP contribution < -0.4 is 10.6 Å². The highest BCUT2D eigenvalue weighted by atomic mass is 35.5. The van der Waals surface area contributed by atoms with Crippen LogP contribution in [-0.4, -0.2) is 30.9 Å². The third kappa shape index (κ3) is 4.94. The molecular weight excluding hydrogens is 390 g/mol. The number of anilines is 2. The molecule has 0 aliphatic heterocycles. The van der Waals surface area contributed by atoms with Gasteiger partial charge in [0.1, 0.15) is 0 Å². The van der Waals surface area contributed by atoms with Crippen LogP contribution in [0.2, 0.25) is 5.02 Å². The van der Waals surface area contributed by atoms with Gasteiger partial charge in [0, 0.05) is 29.5 Å². The maximum Gasteiger partial charge on any atom is 0.243 e. The molecule has 2 aromatic carbocycles. The minimum atomic E-state index is -3.54. The molecule has 0 bridgehead atoms. The van der Waals surface area contributed by atoms with Crippen molar-refractivity contribution in [1.29, 1.82) is 0 Å². The summed E-state index contributed by atoms with van der Waals surface area (Å²) in [7, 11) is -3.54. The van der Waals surface area contributed by atoms with Gasteiger partial charge in [0.25, 0.3) is 0 Å². The molecule has 0 aliphatic carbocycles. The van der Waals surface area contributed by atoms with Crippen LogP contribution in [0.5, 0.6) is 0 Å². The van der Waals surface area contributed by atoms with Gasteiger partial charge in [0.2, 0.25) is 10.0 Å². The van der Waals surface area contributed by atoms with Gasteiger partial charge in [-0.25, -0.2) is 8.42 Å². The van der Waals surface area contributed by atoms with E-state index >= 15 is 0 Å². The lowest BCUT2D eigenvalue weighted by Crippen LogP contribution is -2.31. The van der Waals surface area contributed by atoms with E-state index in [2.05, 4.69) is 10.6 Å². The number of hydrogen-bond acceptors (Lipinski definition) is 3. The van der Waals surface area contributed by atoms with Crippen LogP contribution in [0.1, 0.15) is 19.4 Å². The van der Waals surface area contributed by atoms with Gasteiger partial charge in [0.05, 0.1) is 4.90 Å². The average Bonchev–Trinajstić information content (AvgIpc) is 2.59. The van der Waals surface area contributed by atoms with Gasteiger partial charge in [-0.1, -0.05) is 31.5 Å². The number of halogens is 1. The van der Waals surface area contributed by atoms with E-state index in [1.807, 2.05) is 26.0 Å². The number of benzene rings is 2. The average molecular weight is 412 g/mol. The number of aryl methyl sites for hydroxylation is 1. The lowest BCUT2D eigenvalue weighted by Gasteiger charge is -2.20. The Labute approximate surface area is 165 Å². The van der Waals surface area contributed by atoms with E-state index in [0.717, 1.165) is 5.69 Å². The van der Waals surface area contributed by atoms with E-state index in [4.69, 9.17) is 23.8 Å². The molecule has 2 aromatic rings. The Balaban J connectivity index is 2.21. The quantitative estimate of drug-likeness (QED) is 0.686. The summed E-state index contributed by atoms with van der Waals surface area (Å²) < 4.78 is 27.1. The fourth-order valence-electron chi connectivity index (χ4n) is 2.49. The second kappa shape index (κ2) is 8.81. The van der Waals surface area contributed by atoms with E-state index in [1.54, 1.807) is 37.3 Å². The third-order valence-electron chi connectivity index (χ3n) is 3.87. The maximum absolute atomic E-state index is 12.8. The van der Waals surface area contributed by atoms with Crippen LogP contribution in [-0.2, 0) is 10.0 Å². The Morgan fingerprint density at radius 2 is 1.58 bits per heavy atom. The maximum atomic E-state index is 12.8. The molecular formula is C18H22ClN3O2S2. The second-order valence-electron chi connectivity index (χ2n) is 5.66. The topological polar surface area (TPSA) is 61.4 Å². The van der Waals surface area contributed by atoms with E-state index in [-0.39, 0.29) is 4.90 Å². The molecule has 0 saturated heterocycles. The molecule has 5 nitrogen and oxygen atoms in total. The number of thiocarbonyl (C=S) groups is 1. The number of nitrogens with one attached hydrogen (secondary N) is 2. The summed E-state index contributed by atoms with van der Waals surface area (Å²) >= 11 is 11.2. The first-order valence-electron chi connectivity index (χ1n) is 8.22. The minimum Gasteiger partial charge on any atom is -0.332 e. The summed E-state index contributed by atoms with van der Waals surface area (Å²) in [5, 5.41) is 7.06. The van der Waals surface area contributed by atoms with Gasteiger partial charge in [0.15, 0.2) is 5.11 Å². The van der Waals surface area contributed by atoms with Crippen molar-refractivity contribution in [1.82, 2.24) is 4.31 Å². The Bertz CT molecular complexity index is 880. The van der Waals surface area contributed by atoms with Crippen molar-refractivity contribution >= 4 is 50.3 Å². The second-order valence-corrected chi connectivity index (χ2v) is 8.41. The summed E-state index contributed by atoms with van der Waals surface area (Å²) in [6.45, 7) is 6.27. The Morgan fingerprint density at radius 3 is 2.15 bits per heavy atom. The predicted octanol–water partition coefficient (Wildman–Crippen LogP) is 4.49. The SMILES string of the molecule is CCN(CC)S(=O)(=O)c1cc(NC(=S)Nc2ccc(Cl)cc2)ccc1C. The molecule has 2 rings (SSSR count). The molecule has 0 radical (unpaired) electrons. The zero-order chi connectivity index (χ0) is 19.3. The molecule has 0 unspecified atom stereocenters. The smallest absolute Gasteiger partial charge is 0.243 e. The van der Waals surface area contributed by atoms with Gasteiger partial charge in [-0.3, -0.25) is 0 Å². The van der Waals surface area contributed by atoms with Crippen molar-refractivity contribution in [2.24, 2.45) is 0 Å². The van der Waals surface area contributed by atoms with Crippen molar-refractivity contribution in [2.75, 3.05) is 23.7 Å². The summed E-state index contributed by atoms with van der Waals surface area (Å²) in [6.07, 6.45) is 0. The van der Waals surface area contributed by atoms with Gasteiger partial charge >= 0.3 is 0 Å². The summed E-state index contributed by atoms with van der Waals surface area (Å²) in [5.74, 6) is 0. The van der Waals surface area contributed by atoms with Crippen molar-refractivity contribution < 1.29 is 8.42 Å². The zero-order valence-corrected chi connectivity index (χ0v) is 17.3. The number of nitrogens with zero attached hydrogens (tertiary/aromatic N) is 1. The zero-order valence-electron chi connectivity index (χ0n) is 14.9. The third-order valence-corrected chi connectivity index (χ3v) is 6.52. The normalized spacial score (nSPS) is 11.4. The lowest BCUT2D eigenvalue weighted by atomic mass is 10.2. The van der Waals surface area contributed by atoms with E-state index in [0.29, 0.717) is 34.5 Å². The molecule has 0 atom stereocenters. The van der Waals surface area contributed by atoms with Crippen LogP contribution in [0, 0.1) is 6.92 Å². The molecule has 0 amide bonds. The van der Waals surface area contributed by atoms with Crippen LogP contribution in [0.3, 0.4) is 0 Å². The molecule has 0 heterocycles. The monoisotopic (exact) mass is 411 g/mol. The summed E-state index contributed by atoms with van der Waals surface area (Å²) in [6, 6.07) is 12.3. The standard InChI is InChI=1S/C18H22ClN3O2S2/c1-4-22(5-2)26(23,24)17-12-16(9-6-13(17)3)21-18(25)20-15-10-7-14(19)8-11-15/h6-12H,4-5H2,1-3H3,(H2,20,21,25). The minimum absolute atomic E-state index is 0.278. The van der Waals surface area contributed by atoms with E-state index in [1.165, 1.54) is 4.31 Å². The molecule has 2 N–H and O–H groups in total. The molecule has 0 aliphatic rings. The highest BCUT2D eigenvalue weighted by Crippen LogP contribution is 2.24. The highest BCUT2D eigenvalue weighted by Gasteiger charge is 2.23. The van der Waals surface area contributed by atoms with Gasteiger partial charge in [-0.15, -0.1) is 0 Å². The van der Waals surface area contributed by atoms with Crippen molar-refractivity contribution in [3.63, 3.8) is 0 Å². The Kier molecular flexibility index (Phi) is 7.00. The van der Waals surface area contributed by atoms with Crippen LogP contribution in [0.25, 0.3) is 0 Å². The fraction of sp³-hybridized carbons (Fsp3) is 0.278. The fourth-order valence-corrected chi connectivity index (χ4v) is 4.56. The van der Waals surface area contributed by atoms with Crippen LogP contribution in [0.4, 0.5) is 11.4 Å². The molecule has 0 spiro atoms. The number of rotatable bonds is 6. The van der Waals surface area contributed by atoms with Gasteiger partial charge in [-0.2, -0.15) is 4.31 Å². The van der Waals surface area contributed by atoms with Crippen LogP contribution in [0.15, 0.2) is 47.4 Å². The molecule has 0 fully saturated rings. The highest BCUT2D eigenvalue weighted by molar-refractivity contribution is 7.89. The molecule has 0 saturated carbocycles. The van der Waals surface area contributed by atoms with Gasteiger partial charge in [-0.05, 0) is 61.1 Å².